The lowest BCUT2D eigenvalue weighted by Gasteiger charge is -2.07. The van der Waals surface area contributed by atoms with Gasteiger partial charge >= 0.3 is 11.9 Å². The molecule has 0 aromatic heterocycles. The largest absolute Gasteiger partial charge is 0.497 e. The van der Waals surface area contributed by atoms with E-state index in [1.165, 1.54) is 0 Å². The molecule has 5 heteroatoms. The fourth-order valence-electron chi connectivity index (χ4n) is 1.54. The summed E-state index contributed by atoms with van der Waals surface area (Å²) in [5.41, 5.74) is 0. The number of rotatable bonds is 8. The van der Waals surface area contributed by atoms with Crippen LogP contribution in [0.4, 0.5) is 0 Å². The summed E-state index contributed by atoms with van der Waals surface area (Å²) in [7, 11) is 1.57. The lowest BCUT2D eigenvalue weighted by molar-refractivity contribution is -0.145. The number of hydrogen-bond donors (Lipinski definition) is 0. The van der Waals surface area contributed by atoms with E-state index >= 15 is 0 Å². The summed E-state index contributed by atoms with van der Waals surface area (Å²) in [6.07, 6.45) is 0.832. The first kappa shape index (κ1) is 17.0. The van der Waals surface area contributed by atoms with Gasteiger partial charge in [0.2, 0.25) is 0 Å². The van der Waals surface area contributed by atoms with Gasteiger partial charge in [0.25, 0.3) is 0 Å². The normalized spacial score (nSPS) is 10.3. The summed E-state index contributed by atoms with van der Waals surface area (Å²) >= 11 is 0. The molecule has 5 nitrogen and oxygen atoms in total. The highest BCUT2D eigenvalue weighted by atomic mass is 16.5. The van der Waals surface area contributed by atoms with Gasteiger partial charge in [-0.05, 0) is 36.6 Å². The van der Waals surface area contributed by atoms with Crippen molar-refractivity contribution in [1.29, 1.82) is 0 Å². The molecule has 0 saturated carbocycles. The van der Waals surface area contributed by atoms with E-state index in [0.717, 1.165) is 0 Å². The molecular formula is C16H22O5. The highest BCUT2D eigenvalue weighted by molar-refractivity contribution is 5.74. The number of carbonyl (C=O) groups is 2. The lowest BCUT2D eigenvalue weighted by Crippen LogP contribution is -2.12. The van der Waals surface area contributed by atoms with E-state index in [2.05, 4.69) is 0 Å². The molecule has 0 aliphatic rings. The topological polar surface area (TPSA) is 61.8 Å². The Balaban J connectivity index is 2.23. The molecule has 21 heavy (non-hydrogen) atoms. The van der Waals surface area contributed by atoms with E-state index < -0.39 is 0 Å². The van der Waals surface area contributed by atoms with E-state index in [-0.39, 0.29) is 24.8 Å². The average Bonchev–Trinajstić information content (AvgIpc) is 2.46. The van der Waals surface area contributed by atoms with Gasteiger partial charge in [0.15, 0.2) is 0 Å². The molecule has 1 rings (SSSR count). The minimum atomic E-state index is -0.364. The van der Waals surface area contributed by atoms with Gasteiger partial charge < -0.3 is 14.2 Å². The van der Waals surface area contributed by atoms with E-state index in [9.17, 15) is 9.59 Å². The second-order valence-corrected chi connectivity index (χ2v) is 5.08. The van der Waals surface area contributed by atoms with Gasteiger partial charge in [-0.15, -0.1) is 0 Å². The van der Waals surface area contributed by atoms with Crippen LogP contribution in [0.5, 0.6) is 11.5 Å². The Hall–Kier alpha value is -2.04. The summed E-state index contributed by atoms with van der Waals surface area (Å²) < 4.78 is 15.2. The first-order valence-electron chi connectivity index (χ1n) is 7.01. The first-order valence-corrected chi connectivity index (χ1v) is 7.01. The van der Waals surface area contributed by atoms with Gasteiger partial charge in [-0.1, -0.05) is 13.8 Å². The lowest BCUT2D eigenvalue weighted by atomic mass is 10.2. The Labute approximate surface area is 125 Å². The molecule has 0 aliphatic heterocycles. The number of carbonyl (C=O) groups excluding carboxylic acids is 2. The monoisotopic (exact) mass is 294 g/mol. The summed E-state index contributed by atoms with van der Waals surface area (Å²) in [6, 6.07) is 6.75. The molecule has 0 N–H and O–H groups in total. The first-order chi connectivity index (χ1) is 10.0. The number of ether oxygens (including phenoxy) is 3. The summed E-state index contributed by atoms with van der Waals surface area (Å²) in [4.78, 5) is 23.0. The predicted molar refractivity (Wildman–Crippen MR) is 78.3 cm³/mol. The van der Waals surface area contributed by atoms with Crippen molar-refractivity contribution in [2.45, 2.75) is 33.1 Å². The van der Waals surface area contributed by atoms with Gasteiger partial charge in [-0.2, -0.15) is 0 Å². The molecule has 0 unspecified atom stereocenters. The maximum Gasteiger partial charge on any atom is 0.311 e. The van der Waals surface area contributed by atoms with Crippen LogP contribution in [0.2, 0.25) is 0 Å². The van der Waals surface area contributed by atoms with Crippen LogP contribution >= 0.6 is 0 Å². The molecule has 0 atom stereocenters. The Morgan fingerprint density at radius 1 is 1.00 bits per heavy atom. The third kappa shape index (κ3) is 7.34. The van der Waals surface area contributed by atoms with Crippen molar-refractivity contribution in [3.05, 3.63) is 24.3 Å². The van der Waals surface area contributed by atoms with Crippen molar-refractivity contribution in [3.8, 4) is 11.5 Å². The quantitative estimate of drug-likeness (QED) is 0.545. The number of esters is 2. The van der Waals surface area contributed by atoms with Crippen LogP contribution in [0.15, 0.2) is 24.3 Å². The molecule has 0 radical (unpaired) electrons. The van der Waals surface area contributed by atoms with Crippen LogP contribution < -0.4 is 9.47 Å². The van der Waals surface area contributed by atoms with Crippen molar-refractivity contribution in [1.82, 2.24) is 0 Å². The minimum Gasteiger partial charge on any atom is -0.497 e. The van der Waals surface area contributed by atoms with Crippen molar-refractivity contribution in [2.24, 2.45) is 5.92 Å². The molecule has 0 fully saturated rings. The molecule has 0 saturated heterocycles. The zero-order chi connectivity index (χ0) is 15.7. The summed E-state index contributed by atoms with van der Waals surface area (Å²) in [5, 5.41) is 0. The number of benzene rings is 1. The van der Waals surface area contributed by atoms with Crippen molar-refractivity contribution in [3.63, 3.8) is 0 Å². The molecule has 1 aromatic carbocycles. The molecule has 0 amide bonds. The van der Waals surface area contributed by atoms with E-state index in [0.29, 0.717) is 30.4 Å². The van der Waals surface area contributed by atoms with Gasteiger partial charge in [0.1, 0.15) is 11.5 Å². The third-order valence-corrected chi connectivity index (χ3v) is 2.63. The smallest absolute Gasteiger partial charge is 0.311 e. The van der Waals surface area contributed by atoms with E-state index in [4.69, 9.17) is 14.2 Å². The predicted octanol–water partition coefficient (Wildman–Crippen LogP) is 2.97. The maximum absolute atomic E-state index is 11.6. The van der Waals surface area contributed by atoms with Crippen molar-refractivity contribution >= 4 is 11.9 Å². The molecule has 1 aromatic rings. The molecule has 0 heterocycles. The second-order valence-electron chi connectivity index (χ2n) is 5.08. The van der Waals surface area contributed by atoms with Crippen LogP contribution in [0.3, 0.4) is 0 Å². The standard InChI is InChI=1S/C16H22O5/c1-12(2)11-20-15(17)5-4-6-16(18)21-14-9-7-13(19-3)8-10-14/h7-10,12H,4-6,11H2,1-3H3. The molecular weight excluding hydrogens is 272 g/mol. The zero-order valence-electron chi connectivity index (χ0n) is 12.8. The van der Waals surface area contributed by atoms with Crippen LogP contribution in [-0.4, -0.2) is 25.7 Å². The molecule has 0 aliphatic carbocycles. The Bertz CT molecular complexity index is 450. The average molecular weight is 294 g/mol. The van der Waals surface area contributed by atoms with Crippen molar-refractivity contribution in [2.75, 3.05) is 13.7 Å². The molecule has 0 bridgehead atoms. The van der Waals surface area contributed by atoms with Gasteiger partial charge in [0.05, 0.1) is 13.7 Å². The summed E-state index contributed by atoms with van der Waals surface area (Å²) in [5.74, 6) is 0.831. The van der Waals surface area contributed by atoms with Crippen LogP contribution in [0.1, 0.15) is 33.1 Å². The van der Waals surface area contributed by atoms with Crippen LogP contribution in [-0.2, 0) is 14.3 Å². The SMILES string of the molecule is COc1ccc(OC(=O)CCCC(=O)OCC(C)C)cc1. The fourth-order valence-corrected chi connectivity index (χ4v) is 1.54. The molecule has 116 valence electrons. The second kappa shape index (κ2) is 9.00. The summed E-state index contributed by atoms with van der Waals surface area (Å²) in [6.45, 7) is 4.36. The van der Waals surface area contributed by atoms with E-state index in [1.54, 1.807) is 31.4 Å². The van der Waals surface area contributed by atoms with Crippen LogP contribution in [0, 0.1) is 5.92 Å². The Kier molecular flexibility index (Phi) is 7.29. The highest BCUT2D eigenvalue weighted by Gasteiger charge is 2.09. The number of methoxy groups -OCH3 is 1. The van der Waals surface area contributed by atoms with Crippen LogP contribution in [0.25, 0.3) is 0 Å². The maximum atomic E-state index is 11.6. The van der Waals surface area contributed by atoms with Gasteiger partial charge in [-0.25, -0.2) is 0 Å². The number of hydrogen-bond acceptors (Lipinski definition) is 5. The van der Waals surface area contributed by atoms with Gasteiger partial charge in [0, 0.05) is 12.8 Å². The molecule has 0 spiro atoms. The van der Waals surface area contributed by atoms with Gasteiger partial charge in [-0.3, -0.25) is 9.59 Å². The minimum absolute atomic E-state index is 0.183. The fraction of sp³-hybridized carbons (Fsp3) is 0.500. The van der Waals surface area contributed by atoms with E-state index in [1.807, 2.05) is 13.8 Å². The third-order valence-electron chi connectivity index (χ3n) is 2.63. The van der Waals surface area contributed by atoms with Crippen molar-refractivity contribution < 1.29 is 23.8 Å². The highest BCUT2D eigenvalue weighted by Crippen LogP contribution is 2.17. The Morgan fingerprint density at radius 3 is 2.14 bits per heavy atom. The Morgan fingerprint density at radius 2 is 1.57 bits per heavy atom. The zero-order valence-corrected chi connectivity index (χ0v) is 12.8.